The molecule has 102 valence electrons. The van der Waals surface area contributed by atoms with E-state index in [9.17, 15) is 9.59 Å². The van der Waals surface area contributed by atoms with Crippen molar-refractivity contribution in [3.63, 3.8) is 0 Å². The number of rotatable bonds is 3. The fraction of sp³-hybridized carbons (Fsp3) is 0.125. The molecule has 0 heterocycles. The predicted molar refractivity (Wildman–Crippen MR) is 83.3 cm³/mol. The Morgan fingerprint density at radius 1 is 1.10 bits per heavy atom. The van der Waals surface area contributed by atoms with Crippen molar-refractivity contribution < 1.29 is 9.59 Å². The minimum absolute atomic E-state index is 0.0298. The third-order valence-electron chi connectivity index (χ3n) is 2.96. The number of benzene rings is 2. The first-order chi connectivity index (χ1) is 9.49. The fourth-order valence-corrected chi connectivity index (χ4v) is 2.28. The van der Waals surface area contributed by atoms with Gasteiger partial charge in [0.1, 0.15) is 0 Å². The van der Waals surface area contributed by atoms with Crippen molar-refractivity contribution in [1.29, 1.82) is 0 Å². The van der Waals surface area contributed by atoms with E-state index in [4.69, 9.17) is 0 Å². The molecule has 2 rings (SSSR count). The Balaban J connectivity index is 2.26. The number of halogens is 1. The lowest BCUT2D eigenvalue weighted by Crippen LogP contribution is -2.13. The van der Waals surface area contributed by atoms with Gasteiger partial charge in [0.2, 0.25) is 0 Å². The Bertz CT molecular complexity index is 680. The quantitative estimate of drug-likeness (QED) is 0.856. The van der Waals surface area contributed by atoms with E-state index in [2.05, 4.69) is 21.2 Å². The average molecular weight is 332 g/mol. The van der Waals surface area contributed by atoms with Gasteiger partial charge in [-0.05, 0) is 53.5 Å². The summed E-state index contributed by atoms with van der Waals surface area (Å²) in [4.78, 5) is 23.6. The Morgan fingerprint density at radius 2 is 1.80 bits per heavy atom. The highest BCUT2D eigenvalue weighted by Gasteiger charge is 2.12. The molecular formula is C16H14BrNO2. The maximum absolute atomic E-state index is 12.2. The van der Waals surface area contributed by atoms with E-state index in [1.165, 1.54) is 6.92 Å². The molecule has 0 saturated carbocycles. The number of nitrogens with one attached hydrogen (secondary N) is 1. The molecule has 2 aromatic rings. The lowest BCUT2D eigenvalue weighted by molar-refractivity contribution is 0.101. The molecule has 0 aromatic heterocycles. The largest absolute Gasteiger partial charge is 0.322 e. The van der Waals surface area contributed by atoms with Crippen LogP contribution in [0, 0.1) is 6.92 Å². The maximum atomic E-state index is 12.2. The second-order valence-corrected chi connectivity index (χ2v) is 5.32. The molecule has 0 aliphatic heterocycles. The van der Waals surface area contributed by atoms with Crippen LogP contribution in [0.15, 0.2) is 46.9 Å². The van der Waals surface area contributed by atoms with Gasteiger partial charge in [-0.1, -0.05) is 24.3 Å². The first-order valence-corrected chi connectivity index (χ1v) is 6.96. The fourth-order valence-electron chi connectivity index (χ4n) is 1.84. The average Bonchev–Trinajstić information content (AvgIpc) is 2.42. The summed E-state index contributed by atoms with van der Waals surface area (Å²) in [5.41, 5.74) is 2.75. The number of hydrogen-bond acceptors (Lipinski definition) is 2. The second kappa shape index (κ2) is 6.01. The molecule has 0 radical (unpaired) electrons. The number of Topliss-reactive ketones (excluding diaryl/α,β-unsaturated/α-hetero) is 1. The van der Waals surface area contributed by atoms with Crippen LogP contribution in [0.1, 0.15) is 33.2 Å². The van der Waals surface area contributed by atoms with Crippen LogP contribution in [0.25, 0.3) is 0 Å². The molecule has 20 heavy (non-hydrogen) atoms. The lowest BCUT2D eigenvalue weighted by Gasteiger charge is -2.09. The van der Waals surface area contributed by atoms with Crippen molar-refractivity contribution >= 4 is 33.3 Å². The molecule has 1 amide bonds. The van der Waals surface area contributed by atoms with Gasteiger partial charge in [-0.25, -0.2) is 0 Å². The first kappa shape index (κ1) is 14.5. The number of amides is 1. The van der Waals surface area contributed by atoms with Gasteiger partial charge in [0, 0.05) is 15.7 Å². The summed E-state index contributed by atoms with van der Waals surface area (Å²) in [5, 5.41) is 2.80. The number of anilines is 1. The topological polar surface area (TPSA) is 46.2 Å². The van der Waals surface area contributed by atoms with Gasteiger partial charge in [0.25, 0.3) is 5.91 Å². The summed E-state index contributed by atoms with van der Waals surface area (Å²) in [6, 6.07) is 12.4. The zero-order valence-electron chi connectivity index (χ0n) is 11.2. The smallest absolute Gasteiger partial charge is 0.256 e. The summed E-state index contributed by atoms with van der Waals surface area (Å²) in [7, 11) is 0. The predicted octanol–water partition coefficient (Wildman–Crippen LogP) is 4.21. The minimum Gasteiger partial charge on any atom is -0.322 e. The van der Waals surface area contributed by atoms with Gasteiger partial charge in [-0.15, -0.1) is 0 Å². The van der Waals surface area contributed by atoms with Crippen LogP contribution in [0.4, 0.5) is 5.69 Å². The van der Waals surface area contributed by atoms with Crippen LogP contribution in [0.3, 0.4) is 0 Å². The molecule has 4 heteroatoms. The van der Waals surface area contributed by atoms with Crippen LogP contribution in [0.2, 0.25) is 0 Å². The summed E-state index contributed by atoms with van der Waals surface area (Å²) in [6.45, 7) is 3.43. The molecule has 0 saturated heterocycles. The van der Waals surface area contributed by atoms with E-state index in [0.29, 0.717) is 16.8 Å². The standard InChI is InChI=1S/C16H14BrNO2/c1-10-5-3-8-14(15(10)17)16(20)18-13-7-4-6-12(9-13)11(2)19/h3-9H,1-2H3,(H,18,20). The SMILES string of the molecule is CC(=O)c1cccc(NC(=O)c2cccc(C)c2Br)c1. The lowest BCUT2D eigenvalue weighted by atomic mass is 10.1. The monoisotopic (exact) mass is 331 g/mol. The highest BCUT2D eigenvalue weighted by Crippen LogP contribution is 2.22. The minimum atomic E-state index is -0.207. The molecular weight excluding hydrogens is 318 g/mol. The third kappa shape index (κ3) is 3.14. The second-order valence-electron chi connectivity index (χ2n) is 4.53. The molecule has 0 fully saturated rings. The Labute approximate surface area is 126 Å². The zero-order valence-corrected chi connectivity index (χ0v) is 12.8. The van der Waals surface area contributed by atoms with Crippen LogP contribution < -0.4 is 5.32 Å². The van der Waals surface area contributed by atoms with Crippen molar-refractivity contribution in [2.24, 2.45) is 0 Å². The Hall–Kier alpha value is -1.94. The van der Waals surface area contributed by atoms with E-state index >= 15 is 0 Å². The summed E-state index contributed by atoms with van der Waals surface area (Å²) < 4.78 is 0.778. The molecule has 2 aromatic carbocycles. The summed E-state index contributed by atoms with van der Waals surface area (Å²) in [5.74, 6) is -0.237. The molecule has 0 unspecified atom stereocenters. The van der Waals surface area contributed by atoms with Crippen LogP contribution in [-0.2, 0) is 0 Å². The number of hydrogen-bond donors (Lipinski definition) is 1. The first-order valence-electron chi connectivity index (χ1n) is 6.16. The number of carbonyl (C=O) groups is 2. The Morgan fingerprint density at radius 3 is 2.50 bits per heavy atom. The normalized spacial score (nSPS) is 10.2. The van der Waals surface area contributed by atoms with Crippen molar-refractivity contribution in [2.75, 3.05) is 5.32 Å². The van der Waals surface area contributed by atoms with E-state index < -0.39 is 0 Å². The number of carbonyl (C=O) groups excluding carboxylic acids is 2. The van der Waals surface area contributed by atoms with Crippen LogP contribution >= 0.6 is 15.9 Å². The van der Waals surface area contributed by atoms with E-state index in [1.54, 1.807) is 30.3 Å². The molecule has 0 aliphatic carbocycles. The van der Waals surface area contributed by atoms with E-state index in [1.807, 2.05) is 19.1 Å². The van der Waals surface area contributed by atoms with Gasteiger partial charge in [-0.2, -0.15) is 0 Å². The molecule has 0 bridgehead atoms. The maximum Gasteiger partial charge on any atom is 0.256 e. The van der Waals surface area contributed by atoms with Gasteiger partial charge in [0.05, 0.1) is 5.56 Å². The van der Waals surface area contributed by atoms with Gasteiger partial charge < -0.3 is 5.32 Å². The van der Waals surface area contributed by atoms with Gasteiger partial charge in [0.15, 0.2) is 5.78 Å². The zero-order chi connectivity index (χ0) is 14.7. The molecule has 1 N–H and O–H groups in total. The molecule has 0 aliphatic rings. The van der Waals surface area contributed by atoms with Crippen molar-refractivity contribution in [3.8, 4) is 0 Å². The van der Waals surface area contributed by atoms with Crippen molar-refractivity contribution in [1.82, 2.24) is 0 Å². The van der Waals surface area contributed by atoms with Crippen LogP contribution in [-0.4, -0.2) is 11.7 Å². The van der Waals surface area contributed by atoms with E-state index in [-0.39, 0.29) is 11.7 Å². The molecule has 0 atom stereocenters. The van der Waals surface area contributed by atoms with Crippen molar-refractivity contribution in [2.45, 2.75) is 13.8 Å². The Kier molecular flexibility index (Phi) is 4.35. The summed E-state index contributed by atoms with van der Waals surface area (Å²) in [6.07, 6.45) is 0. The highest BCUT2D eigenvalue weighted by molar-refractivity contribution is 9.10. The van der Waals surface area contributed by atoms with Crippen molar-refractivity contribution in [3.05, 3.63) is 63.6 Å². The molecule has 3 nitrogen and oxygen atoms in total. The molecule has 0 spiro atoms. The summed E-state index contributed by atoms with van der Waals surface area (Å²) >= 11 is 3.42. The number of ketones is 1. The highest BCUT2D eigenvalue weighted by atomic mass is 79.9. The number of aryl methyl sites for hydroxylation is 1. The van der Waals surface area contributed by atoms with Gasteiger partial charge >= 0.3 is 0 Å². The van der Waals surface area contributed by atoms with E-state index in [0.717, 1.165) is 10.0 Å². The third-order valence-corrected chi connectivity index (χ3v) is 4.02. The van der Waals surface area contributed by atoms with Gasteiger partial charge in [-0.3, -0.25) is 9.59 Å². The van der Waals surface area contributed by atoms with Crippen LogP contribution in [0.5, 0.6) is 0 Å².